The van der Waals surface area contributed by atoms with Crippen molar-refractivity contribution in [3.63, 3.8) is 0 Å². The molecule has 0 aliphatic heterocycles. The quantitative estimate of drug-likeness (QED) is 0.443. The van der Waals surface area contributed by atoms with E-state index >= 15 is 0 Å². The standard InChI is InChI=1S/C6H13NOS/c1-4(2)6(9)7-5(3)8/h4,6,9H,1-3H3,(H,7,8). The third-order valence-corrected chi connectivity index (χ3v) is 1.71. The number of thiol groups is 1. The lowest BCUT2D eigenvalue weighted by atomic mass is 10.2. The van der Waals surface area contributed by atoms with Crippen LogP contribution in [0.4, 0.5) is 0 Å². The molecule has 1 N–H and O–H groups in total. The molecule has 0 aliphatic rings. The summed E-state index contributed by atoms with van der Waals surface area (Å²) in [7, 11) is 0. The van der Waals surface area contributed by atoms with Gasteiger partial charge in [-0.15, -0.1) is 0 Å². The summed E-state index contributed by atoms with van der Waals surface area (Å²) in [6.07, 6.45) is 0. The average Bonchev–Trinajstić information content (AvgIpc) is 1.63. The lowest BCUT2D eigenvalue weighted by Crippen LogP contribution is -2.32. The molecule has 0 rings (SSSR count). The average molecular weight is 147 g/mol. The molecule has 0 heterocycles. The number of rotatable bonds is 2. The largest absolute Gasteiger partial charge is 0.345 e. The zero-order valence-corrected chi connectivity index (χ0v) is 6.90. The Labute approximate surface area is 61.4 Å². The molecule has 2 nitrogen and oxygen atoms in total. The Morgan fingerprint density at radius 3 is 2.11 bits per heavy atom. The number of carbonyl (C=O) groups excluding carboxylic acids is 1. The van der Waals surface area contributed by atoms with Crippen LogP contribution in [0.1, 0.15) is 20.8 Å². The topological polar surface area (TPSA) is 29.1 Å². The van der Waals surface area contributed by atoms with E-state index in [9.17, 15) is 4.79 Å². The van der Waals surface area contributed by atoms with E-state index in [1.165, 1.54) is 6.92 Å². The highest BCUT2D eigenvalue weighted by Gasteiger charge is 2.07. The van der Waals surface area contributed by atoms with Crippen molar-refractivity contribution in [2.75, 3.05) is 0 Å². The molecule has 3 heteroatoms. The van der Waals surface area contributed by atoms with Crippen LogP contribution in [0, 0.1) is 5.92 Å². The van der Waals surface area contributed by atoms with E-state index in [-0.39, 0.29) is 11.3 Å². The normalized spacial score (nSPS) is 13.4. The molecule has 1 unspecified atom stereocenters. The maximum Gasteiger partial charge on any atom is 0.217 e. The van der Waals surface area contributed by atoms with Crippen molar-refractivity contribution in [3.05, 3.63) is 0 Å². The predicted octanol–water partition coefficient (Wildman–Crippen LogP) is 1.03. The molecule has 0 saturated carbocycles. The van der Waals surface area contributed by atoms with Crippen molar-refractivity contribution in [2.24, 2.45) is 5.92 Å². The second-order valence-corrected chi connectivity index (χ2v) is 2.95. The molecule has 0 aromatic carbocycles. The van der Waals surface area contributed by atoms with Crippen molar-refractivity contribution in [1.82, 2.24) is 5.32 Å². The van der Waals surface area contributed by atoms with Crippen molar-refractivity contribution in [3.8, 4) is 0 Å². The molecule has 1 amide bonds. The van der Waals surface area contributed by atoms with Crippen LogP contribution in [0.3, 0.4) is 0 Å². The summed E-state index contributed by atoms with van der Waals surface area (Å²) < 4.78 is 0. The molecule has 0 aromatic heterocycles. The van der Waals surface area contributed by atoms with Gasteiger partial charge in [0.25, 0.3) is 0 Å². The smallest absolute Gasteiger partial charge is 0.217 e. The van der Waals surface area contributed by atoms with Crippen LogP contribution in [0.2, 0.25) is 0 Å². The van der Waals surface area contributed by atoms with Crippen molar-refractivity contribution >= 4 is 18.5 Å². The number of hydrogen-bond acceptors (Lipinski definition) is 2. The highest BCUT2D eigenvalue weighted by molar-refractivity contribution is 7.80. The van der Waals surface area contributed by atoms with E-state index in [0.717, 1.165) is 0 Å². The van der Waals surface area contributed by atoms with Crippen molar-refractivity contribution < 1.29 is 4.79 Å². The van der Waals surface area contributed by atoms with Crippen LogP contribution in [0.25, 0.3) is 0 Å². The summed E-state index contributed by atoms with van der Waals surface area (Å²) in [6, 6.07) is 0. The van der Waals surface area contributed by atoms with Gasteiger partial charge in [0.15, 0.2) is 0 Å². The number of nitrogens with one attached hydrogen (secondary N) is 1. The molecule has 0 radical (unpaired) electrons. The first-order valence-corrected chi connectivity index (χ1v) is 3.51. The first-order chi connectivity index (χ1) is 4.04. The first kappa shape index (κ1) is 8.82. The minimum atomic E-state index is -0.0244. The number of amides is 1. The van der Waals surface area contributed by atoms with Gasteiger partial charge >= 0.3 is 0 Å². The molecule has 0 fully saturated rings. The zero-order chi connectivity index (χ0) is 7.44. The lowest BCUT2D eigenvalue weighted by Gasteiger charge is -2.14. The Bertz CT molecular complexity index is 103. The molecule has 0 aliphatic carbocycles. The molecule has 9 heavy (non-hydrogen) atoms. The van der Waals surface area contributed by atoms with Gasteiger partial charge in [-0.1, -0.05) is 13.8 Å². The van der Waals surface area contributed by atoms with E-state index in [2.05, 4.69) is 17.9 Å². The summed E-state index contributed by atoms with van der Waals surface area (Å²) >= 11 is 4.13. The third kappa shape index (κ3) is 4.33. The summed E-state index contributed by atoms with van der Waals surface area (Å²) in [4.78, 5) is 10.4. The van der Waals surface area contributed by atoms with E-state index in [0.29, 0.717) is 5.92 Å². The highest BCUT2D eigenvalue weighted by atomic mass is 32.1. The molecular formula is C6H13NOS. The van der Waals surface area contributed by atoms with Crippen molar-refractivity contribution in [1.29, 1.82) is 0 Å². The molecule has 1 atom stereocenters. The van der Waals surface area contributed by atoms with Gasteiger partial charge in [0, 0.05) is 6.92 Å². The van der Waals surface area contributed by atoms with Gasteiger partial charge in [-0.05, 0) is 5.92 Å². The maximum absolute atomic E-state index is 10.4. The summed E-state index contributed by atoms with van der Waals surface area (Å²) in [5, 5.41) is 2.66. The van der Waals surface area contributed by atoms with Crippen LogP contribution in [-0.2, 0) is 4.79 Å². The van der Waals surface area contributed by atoms with Gasteiger partial charge < -0.3 is 5.32 Å². The Kier molecular flexibility index (Phi) is 3.70. The van der Waals surface area contributed by atoms with Gasteiger partial charge in [-0.3, -0.25) is 4.79 Å². The van der Waals surface area contributed by atoms with Gasteiger partial charge in [0.1, 0.15) is 0 Å². The molecule has 0 spiro atoms. The minimum absolute atomic E-state index is 0.0116. The Morgan fingerprint density at radius 1 is 1.56 bits per heavy atom. The van der Waals surface area contributed by atoms with Crippen LogP contribution >= 0.6 is 12.6 Å². The third-order valence-electron chi connectivity index (χ3n) is 0.983. The number of carbonyl (C=O) groups is 1. The highest BCUT2D eigenvalue weighted by Crippen LogP contribution is 2.03. The molecule has 0 bridgehead atoms. The Hall–Kier alpha value is -0.180. The molecule has 0 aromatic rings. The summed E-state index contributed by atoms with van der Waals surface area (Å²) in [6.45, 7) is 5.51. The Morgan fingerprint density at radius 2 is 2.00 bits per heavy atom. The van der Waals surface area contributed by atoms with Crippen LogP contribution in [0.15, 0.2) is 0 Å². The zero-order valence-electron chi connectivity index (χ0n) is 6.01. The fourth-order valence-electron chi connectivity index (χ4n) is 0.375. The van der Waals surface area contributed by atoms with E-state index in [1.54, 1.807) is 0 Å². The molecule has 0 saturated heterocycles. The second kappa shape index (κ2) is 3.77. The Balaban J connectivity index is 3.50. The summed E-state index contributed by atoms with van der Waals surface area (Å²) in [5.74, 6) is 0.362. The van der Waals surface area contributed by atoms with Crippen molar-refractivity contribution in [2.45, 2.75) is 26.1 Å². The molecular weight excluding hydrogens is 134 g/mol. The first-order valence-electron chi connectivity index (χ1n) is 2.99. The minimum Gasteiger partial charge on any atom is -0.345 e. The van der Waals surface area contributed by atoms with E-state index in [4.69, 9.17) is 0 Å². The van der Waals surface area contributed by atoms with Gasteiger partial charge in [0.2, 0.25) is 5.91 Å². The maximum atomic E-state index is 10.4. The fourth-order valence-corrected chi connectivity index (χ4v) is 0.557. The SMILES string of the molecule is CC(=O)NC(S)C(C)C. The monoisotopic (exact) mass is 147 g/mol. The van der Waals surface area contributed by atoms with E-state index in [1.807, 2.05) is 13.8 Å². The molecule has 54 valence electrons. The summed E-state index contributed by atoms with van der Waals surface area (Å²) in [5.41, 5.74) is 0. The predicted molar refractivity (Wildman–Crippen MR) is 41.4 cm³/mol. The van der Waals surface area contributed by atoms with Crippen LogP contribution in [-0.4, -0.2) is 11.3 Å². The van der Waals surface area contributed by atoms with Gasteiger partial charge in [0.05, 0.1) is 5.37 Å². The lowest BCUT2D eigenvalue weighted by molar-refractivity contribution is -0.119. The van der Waals surface area contributed by atoms with Gasteiger partial charge in [-0.2, -0.15) is 12.6 Å². The van der Waals surface area contributed by atoms with Gasteiger partial charge in [-0.25, -0.2) is 0 Å². The van der Waals surface area contributed by atoms with Crippen LogP contribution in [0.5, 0.6) is 0 Å². The van der Waals surface area contributed by atoms with E-state index < -0.39 is 0 Å². The van der Waals surface area contributed by atoms with Crippen LogP contribution < -0.4 is 5.32 Å². The fraction of sp³-hybridized carbons (Fsp3) is 0.833. The second-order valence-electron chi connectivity index (χ2n) is 2.39. The number of hydrogen-bond donors (Lipinski definition) is 2.